The summed E-state index contributed by atoms with van der Waals surface area (Å²) in [6.07, 6.45) is 2.98. The highest BCUT2D eigenvalue weighted by Crippen LogP contribution is 2.34. The highest BCUT2D eigenvalue weighted by Gasteiger charge is 2.17. The number of imidazole rings is 1. The van der Waals surface area contributed by atoms with Gasteiger partial charge >= 0.3 is 0 Å². The van der Waals surface area contributed by atoms with Crippen LogP contribution in [0.2, 0.25) is 10.0 Å². The van der Waals surface area contributed by atoms with Crippen molar-refractivity contribution in [3.63, 3.8) is 0 Å². The molecule has 31 heavy (non-hydrogen) atoms. The number of anilines is 2. The molecule has 1 aromatic carbocycles. The maximum atomic E-state index is 6.33. The molecule has 1 fully saturated rings. The minimum absolute atomic E-state index is 0.492. The molecule has 3 aromatic heterocycles. The Hall–Kier alpha value is -2.85. The number of H-pyrrole nitrogens is 1. The Labute approximate surface area is 187 Å². The van der Waals surface area contributed by atoms with Crippen LogP contribution in [-0.4, -0.2) is 61.1 Å². The molecule has 0 unspecified atom stereocenters. The molecule has 11 heteroatoms. The number of rotatable bonds is 5. The van der Waals surface area contributed by atoms with Gasteiger partial charge in [0.25, 0.3) is 0 Å². The lowest BCUT2D eigenvalue weighted by Crippen LogP contribution is -2.35. The van der Waals surface area contributed by atoms with Crippen molar-refractivity contribution in [2.75, 3.05) is 31.6 Å². The molecule has 0 saturated carbocycles. The third-order valence-corrected chi connectivity index (χ3v) is 5.58. The van der Waals surface area contributed by atoms with E-state index in [0.717, 1.165) is 38.5 Å². The predicted molar refractivity (Wildman–Crippen MR) is 119 cm³/mol. The average molecular weight is 457 g/mol. The quantitative estimate of drug-likeness (QED) is 0.468. The average Bonchev–Trinajstić information content (AvgIpc) is 3.19. The summed E-state index contributed by atoms with van der Waals surface area (Å²) < 4.78 is 5.40. The lowest BCUT2D eigenvalue weighted by atomic mass is 10.2. The van der Waals surface area contributed by atoms with Crippen LogP contribution < -0.4 is 5.32 Å². The molecule has 158 valence electrons. The predicted octanol–water partition coefficient (Wildman–Crippen LogP) is 3.69. The Morgan fingerprint density at radius 3 is 2.61 bits per heavy atom. The molecule has 4 aromatic rings. The Morgan fingerprint density at radius 2 is 1.81 bits per heavy atom. The molecule has 1 aliphatic heterocycles. The van der Waals surface area contributed by atoms with Gasteiger partial charge in [0.2, 0.25) is 0 Å². The van der Waals surface area contributed by atoms with Crippen molar-refractivity contribution in [3.05, 3.63) is 52.7 Å². The Bertz CT molecular complexity index is 1200. The second-order valence-corrected chi connectivity index (χ2v) is 7.83. The zero-order valence-corrected chi connectivity index (χ0v) is 17.9. The van der Waals surface area contributed by atoms with E-state index in [-0.39, 0.29) is 0 Å². The van der Waals surface area contributed by atoms with Crippen LogP contribution in [0.1, 0.15) is 5.69 Å². The fraction of sp³-hybridized carbons (Fsp3) is 0.250. The molecule has 0 spiro atoms. The van der Waals surface area contributed by atoms with Gasteiger partial charge in [0.05, 0.1) is 34.5 Å². The van der Waals surface area contributed by atoms with Crippen molar-refractivity contribution in [1.82, 2.24) is 34.8 Å². The molecule has 0 radical (unpaired) electrons. The Balaban J connectivity index is 1.43. The smallest absolute Gasteiger partial charge is 0.183 e. The van der Waals surface area contributed by atoms with E-state index < -0.39 is 0 Å². The summed E-state index contributed by atoms with van der Waals surface area (Å²) in [7, 11) is 0. The van der Waals surface area contributed by atoms with Gasteiger partial charge in [-0.25, -0.2) is 24.9 Å². The van der Waals surface area contributed by atoms with Gasteiger partial charge in [-0.15, -0.1) is 0 Å². The number of ether oxygens (including phenoxy) is 1. The number of aromatic amines is 1. The number of hydrogen-bond donors (Lipinski definition) is 2. The number of nitrogens with zero attached hydrogens (tertiary/aromatic N) is 6. The maximum Gasteiger partial charge on any atom is 0.183 e. The largest absolute Gasteiger partial charge is 0.379 e. The molecule has 0 atom stereocenters. The molecule has 0 bridgehead atoms. The number of fused-ring (bicyclic) bond motifs is 1. The maximum absolute atomic E-state index is 6.33. The number of benzene rings is 1. The van der Waals surface area contributed by atoms with Crippen LogP contribution >= 0.6 is 23.2 Å². The van der Waals surface area contributed by atoms with E-state index in [0.29, 0.717) is 44.2 Å². The van der Waals surface area contributed by atoms with Crippen molar-refractivity contribution in [2.24, 2.45) is 0 Å². The molecule has 4 heterocycles. The molecular formula is C20H18Cl2N8O. The van der Waals surface area contributed by atoms with E-state index in [2.05, 4.69) is 40.1 Å². The second-order valence-electron chi connectivity index (χ2n) is 7.01. The van der Waals surface area contributed by atoms with E-state index in [9.17, 15) is 0 Å². The van der Waals surface area contributed by atoms with Gasteiger partial charge in [-0.05, 0) is 12.1 Å². The zero-order chi connectivity index (χ0) is 21.2. The molecule has 2 N–H and O–H groups in total. The molecule has 0 amide bonds. The molecule has 9 nitrogen and oxygen atoms in total. The third kappa shape index (κ3) is 4.31. The van der Waals surface area contributed by atoms with Crippen LogP contribution in [0.4, 0.5) is 11.6 Å². The number of nitrogens with one attached hydrogen (secondary N) is 2. The van der Waals surface area contributed by atoms with Gasteiger partial charge in [-0.3, -0.25) is 4.90 Å². The molecule has 1 aliphatic rings. The topological polar surface area (TPSA) is 105 Å². The van der Waals surface area contributed by atoms with Gasteiger partial charge in [0.15, 0.2) is 11.5 Å². The van der Waals surface area contributed by atoms with Gasteiger partial charge in [0, 0.05) is 25.7 Å². The van der Waals surface area contributed by atoms with Crippen LogP contribution in [0.3, 0.4) is 0 Å². The minimum atomic E-state index is 0.492. The summed E-state index contributed by atoms with van der Waals surface area (Å²) in [5.74, 6) is 1.69. The summed E-state index contributed by atoms with van der Waals surface area (Å²) in [4.78, 5) is 27.4. The normalized spacial score (nSPS) is 14.8. The lowest BCUT2D eigenvalue weighted by Gasteiger charge is -2.26. The van der Waals surface area contributed by atoms with E-state index >= 15 is 0 Å². The summed E-state index contributed by atoms with van der Waals surface area (Å²) in [5.41, 5.74) is 2.65. The summed E-state index contributed by atoms with van der Waals surface area (Å²) in [6, 6.07) is 7.22. The Kier molecular flexibility index (Phi) is 5.65. The molecule has 5 rings (SSSR count). The van der Waals surface area contributed by atoms with Gasteiger partial charge in [0.1, 0.15) is 29.8 Å². The van der Waals surface area contributed by atoms with Crippen molar-refractivity contribution in [2.45, 2.75) is 6.54 Å². The minimum Gasteiger partial charge on any atom is -0.379 e. The number of aromatic nitrogens is 6. The van der Waals surface area contributed by atoms with Crippen LogP contribution in [0.5, 0.6) is 0 Å². The van der Waals surface area contributed by atoms with E-state index in [4.69, 9.17) is 27.9 Å². The first-order valence-electron chi connectivity index (χ1n) is 9.70. The van der Waals surface area contributed by atoms with Crippen LogP contribution in [0.15, 0.2) is 36.9 Å². The zero-order valence-electron chi connectivity index (χ0n) is 16.3. The Morgan fingerprint density at radius 1 is 1.03 bits per heavy atom. The second kappa shape index (κ2) is 8.72. The van der Waals surface area contributed by atoms with Crippen LogP contribution in [0, 0.1) is 0 Å². The highest BCUT2D eigenvalue weighted by atomic mass is 35.5. The third-order valence-electron chi connectivity index (χ3n) is 4.95. The van der Waals surface area contributed by atoms with Gasteiger partial charge < -0.3 is 15.0 Å². The van der Waals surface area contributed by atoms with Crippen molar-refractivity contribution in [1.29, 1.82) is 0 Å². The number of halogens is 2. The SMILES string of the molecule is Clc1cccc(Cl)c1-c1nc2ncnc(Nc3cc(CN4CCOCC4)ncn3)c2[nH]1. The van der Waals surface area contributed by atoms with Crippen molar-refractivity contribution >= 4 is 46.0 Å². The first-order chi connectivity index (χ1) is 15.2. The fourth-order valence-corrected chi connectivity index (χ4v) is 4.00. The number of morpholine rings is 1. The van der Waals surface area contributed by atoms with Crippen molar-refractivity contribution < 1.29 is 4.74 Å². The van der Waals surface area contributed by atoms with Crippen molar-refractivity contribution in [3.8, 4) is 11.4 Å². The van der Waals surface area contributed by atoms with E-state index in [1.54, 1.807) is 24.5 Å². The molecule has 0 aliphatic carbocycles. The lowest BCUT2D eigenvalue weighted by molar-refractivity contribution is 0.0336. The van der Waals surface area contributed by atoms with Crippen LogP contribution in [0.25, 0.3) is 22.6 Å². The van der Waals surface area contributed by atoms with E-state index in [1.165, 1.54) is 6.33 Å². The monoisotopic (exact) mass is 456 g/mol. The summed E-state index contributed by atoms with van der Waals surface area (Å²) in [6.45, 7) is 4.00. The first kappa shape index (κ1) is 20.1. The fourth-order valence-electron chi connectivity index (χ4n) is 3.43. The highest BCUT2D eigenvalue weighted by molar-refractivity contribution is 6.39. The van der Waals surface area contributed by atoms with E-state index in [1.807, 2.05) is 6.07 Å². The van der Waals surface area contributed by atoms with Gasteiger partial charge in [-0.2, -0.15) is 0 Å². The first-order valence-corrected chi connectivity index (χ1v) is 10.5. The molecular weight excluding hydrogens is 439 g/mol. The number of hydrogen-bond acceptors (Lipinski definition) is 8. The van der Waals surface area contributed by atoms with Crippen LogP contribution in [-0.2, 0) is 11.3 Å². The molecule has 1 saturated heterocycles. The standard InChI is InChI=1S/C20H18Cl2N8O/c21-13-2-1-3-14(22)16(13)18-28-17-19(25-11-26-20(17)29-18)27-15-8-12(23-10-24-15)9-30-4-6-31-7-5-30/h1-3,8,10-11H,4-7,9H2,(H2,23,24,25,26,27,28,29). The summed E-state index contributed by atoms with van der Waals surface area (Å²) in [5, 5.41) is 4.23. The van der Waals surface area contributed by atoms with Gasteiger partial charge in [-0.1, -0.05) is 29.3 Å². The summed E-state index contributed by atoms with van der Waals surface area (Å²) >= 11 is 12.7.